The lowest BCUT2D eigenvalue weighted by molar-refractivity contribution is 0.229. The summed E-state index contributed by atoms with van der Waals surface area (Å²) in [6.07, 6.45) is 4.78. The first kappa shape index (κ1) is 15.5. The fourth-order valence-electron chi connectivity index (χ4n) is 2.36. The molecule has 3 aromatic rings. The lowest BCUT2D eigenvalue weighted by atomic mass is 10.1. The van der Waals surface area contributed by atoms with Crippen molar-refractivity contribution in [3.8, 4) is 0 Å². The van der Waals surface area contributed by atoms with E-state index in [0.717, 1.165) is 27.7 Å². The summed E-state index contributed by atoms with van der Waals surface area (Å²) in [7, 11) is 0. The Hall–Kier alpha value is -2.42. The van der Waals surface area contributed by atoms with E-state index in [0.29, 0.717) is 5.02 Å². The predicted octanol–water partition coefficient (Wildman–Crippen LogP) is 5.28. The SMILES string of the molecule is C=C[C@@H](O)c1cccc(/C=C/c2ccc3ccc(Cl)cc3n2)c1. The fraction of sp³-hybridized carbons (Fsp3) is 0.0500. The molecule has 1 heterocycles. The van der Waals surface area contributed by atoms with Gasteiger partial charge in [-0.2, -0.15) is 0 Å². The topological polar surface area (TPSA) is 33.1 Å². The van der Waals surface area contributed by atoms with Crippen molar-refractivity contribution < 1.29 is 5.11 Å². The van der Waals surface area contributed by atoms with E-state index in [1.54, 1.807) is 0 Å². The number of rotatable bonds is 4. The van der Waals surface area contributed by atoms with E-state index in [-0.39, 0.29) is 0 Å². The number of nitrogens with zero attached hydrogens (tertiary/aromatic N) is 1. The molecule has 3 heteroatoms. The zero-order valence-electron chi connectivity index (χ0n) is 12.5. The molecule has 0 spiro atoms. The van der Waals surface area contributed by atoms with Gasteiger partial charge in [-0.3, -0.25) is 0 Å². The van der Waals surface area contributed by atoms with Crippen LogP contribution in [-0.2, 0) is 0 Å². The summed E-state index contributed by atoms with van der Waals surface area (Å²) in [6, 6.07) is 17.4. The van der Waals surface area contributed by atoms with Crippen LogP contribution in [0.5, 0.6) is 0 Å². The number of aromatic nitrogens is 1. The molecule has 1 aromatic heterocycles. The van der Waals surface area contributed by atoms with Gasteiger partial charge in [-0.25, -0.2) is 4.98 Å². The van der Waals surface area contributed by atoms with Gasteiger partial charge in [-0.05, 0) is 41.5 Å². The average molecular weight is 322 g/mol. The van der Waals surface area contributed by atoms with Crippen LogP contribution in [0, 0.1) is 0 Å². The maximum absolute atomic E-state index is 9.82. The quantitative estimate of drug-likeness (QED) is 0.663. The Labute approximate surface area is 140 Å². The van der Waals surface area contributed by atoms with Crippen molar-refractivity contribution in [2.75, 3.05) is 0 Å². The molecule has 0 saturated heterocycles. The number of hydrogen-bond donors (Lipinski definition) is 1. The molecular weight excluding hydrogens is 306 g/mol. The summed E-state index contributed by atoms with van der Waals surface area (Å²) >= 11 is 6.01. The molecule has 0 aliphatic rings. The maximum atomic E-state index is 9.82. The van der Waals surface area contributed by atoms with Gasteiger partial charge < -0.3 is 5.11 Å². The van der Waals surface area contributed by atoms with Crippen molar-refractivity contribution in [3.63, 3.8) is 0 Å². The van der Waals surface area contributed by atoms with Crippen molar-refractivity contribution >= 4 is 34.7 Å². The highest BCUT2D eigenvalue weighted by Crippen LogP contribution is 2.20. The van der Waals surface area contributed by atoms with Crippen molar-refractivity contribution in [1.82, 2.24) is 4.98 Å². The first-order valence-electron chi connectivity index (χ1n) is 7.31. The van der Waals surface area contributed by atoms with Gasteiger partial charge in [-0.1, -0.05) is 54.1 Å². The Kier molecular flexibility index (Phi) is 4.56. The molecule has 0 amide bonds. The zero-order chi connectivity index (χ0) is 16.2. The molecule has 2 aromatic carbocycles. The summed E-state index contributed by atoms with van der Waals surface area (Å²) in [5.41, 5.74) is 3.54. The van der Waals surface area contributed by atoms with E-state index in [2.05, 4.69) is 11.6 Å². The van der Waals surface area contributed by atoms with Crippen molar-refractivity contribution in [2.45, 2.75) is 6.10 Å². The summed E-state index contributed by atoms with van der Waals surface area (Å²) in [4.78, 5) is 4.59. The minimum atomic E-state index is -0.649. The van der Waals surface area contributed by atoms with E-state index in [1.165, 1.54) is 6.08 Å². The van der Waals surface area contributed by atoms with Crippen LogP contribution in [0.4, 0.5) is 0 Å². The summed E-state index contributed by atoms with van der Waals surface area (Å²) < 4.78 is 0. The second-order valence-corrected chi connectivity index (χ2v) is 5.69. The van der Waals surface area contributed by atoms with Gasteiger partial charge in [-0.15, -0.1) is 6.58 Å². The fourth-order valence-corrected chi connectivity index (χ4v) is 2.53. The Morgan fingerprint density at radius 1 is 1.04 bits per heavy atom. The minimum absolute atomic E-state index is 0.649. The third kappa shape index (κ3) is 3.67. The first-order chi connectivity index (χ1) is 11.2. The summed E-state index contributed by atoms with van der Waals surface area (Å²) in [5.74, 6) is 0. The number of benzene rings is 2. The normalized spacial score (nSPS) is 12.6. The molecule has 0 unspecified atom stereocenters. The zero-order valence-corrected chi connectivity index (χ0v) is 13.2. The van der Waals surface area contributed by atoms with Crippen LogP contribution >= 0.6 is 11.6 Å². The van der Waals surface area contributed by atoms with Crippen LogP contribution in [0.15, 0.2) is 67.3 Å². The highest BCUT2D eigenvalue weighted by molar-refractivity contribution is 6.31. The summed E-state index contributed by atoms with van der Waals surface area (Å²) in [6.45, 7) is 3.61. The van der Waals surface area contributed by atoms with Crippen molar-refractivity contribution in [1.29, 1.82) is 0 Å². The lowest BCUT2D eigenvalue weighted by Gasteiger charge is -2.06. The van der Waals surface area contributed by atoms with E-state index in [1.807, 2.05) is 66.7 Å². The Morgan fingerprint density at radius 2 is 1.87 bits per heavy atom. The number of fused-ring (bicyclic) bond motifs is 1. The van der Waals surface area contributed by atoms with Crippen LogP contribution in [0.1, 0.15) is 22.9 Å². The molecule has 0 fully saturated rings. The lowest BCUT2D eigenvalue weighted by Crippen LogP contribution is -1.92. The van der Waals surface area contributed by atoms with Gasteiger partial charge in [0.1, 0.15) is 0 Å². The number of aliphatic hydroxyl groups excluding tert-OH is 1. The Balaban J connectivity index is 1.89. The molecule has 2 nitrogen and oxygen atoms in total. The average Bonchev–Trinajstić information content (AvgIpc) is 2.59. The number of halogens is 1. The molecule has 1 N–H and O–H groups in total. The summed E-state index contributed by atoms with van der Waals surface area (Å²) in [5, 5.41) is 11.6. The van der Waals surface area contributed by atoms with Gasteiger partial charge >= 0.3 is 0 Å². The van der Waals surface area contributed by atoms with E-state index >= 15 is 0 Å². The van der Waals surface area contributed by atoms with Crippen LogP contribution in [0.2, 0.25) is 5.02 Å². The van der Waals surface area contributed by atoms with E-state index in [4.69, 9.17) is 11.6 Å². The molecule has 0 aliphatic heterocycles. The molecule has 0 aliphatic carbocycles. The monoisotopic (exact) mass is 321 g/mol. The Morgan fingerprint density at radius 3 is 2.70 bits per heavy atom. The highest BCUT2D eigenvalue weighted by atomic mass is 35.5. The molecule has 114 valence electrons. The van der Waals surface area contributed by atoms with Gasteiger partial charge in [0.2, 0.25) is 0 Å². The van der Waals surface area contributed by atoms with Gasteiger partial charge in [0.25, 0.3) is 0 Å². The largest absolute Gasteiger partial charge is 0.384 e. The number of aliphatic hydroxyl groups is 1. The minimum Gasteiger partial charge on any atom is -0.384 e. The van der Waals surface area contributed by atoms with Crippen LogP contribution < -0.4 is 0 Å². The second kappa shape index (κ2) is 6.78. The van der Waals surface area contributed by atoms with Crippen molar-refractivity contribution in [3.05, 3.63) is 89.1 Å². The maximum Gasteiger partial charge on any atom is 0.0969 e. The van der Waals surface area contributed by atoms with Gasteiger partial charge in [0.05, 0.1) is 17.3 Å². The molecule has 0 bridgehead atoms. The highest BCUT2D eigenvalue weighted by Gasteiger charge is 2.02. The van der Waals surface area contributed by atoms with Crippen LogP contribution in [-0.4, -0.2) is 10.1 Å². The van der Waals surface area contributed by atoms with Gasteiger partial charge in [0.15, 0.2) is 0 Å². The van der Waals surface area contributed by atoms with Crippen LogP contribution in [0.3, 0.4) is 0 Å². The number of hydrogen-bond acceptors (Lipinski definition) is 2. The molecule has 1 atom stereocenters. The molecular formula is C20H16ClNO. The van der Waals surface area contributed by atoms with Gasteiger partial charge in [0, 0.05) is 10.4 Å². The predicted molar refractivity (Wildman–Crippen MR) is 97.3 cm³/mol. The smallest absolute Gasteiger partial charge is 0.0969 e. The standard InChI is InChI=1S/C20H16ClNO/c1-2-20(23)16-5-3-4-14(12-16)6-10-18-11-8-15-7-9-17(21)13-19(15)22-18/h2-13,20,23H,1H2/b10-6+/t20-/m1/s1. The first-order valence-corrected chi connectivity index (χ1v) is 7.68. The third-order valence-corrected chi connectivity index (χ3v) is 3.83. The third-order valence-electron chi connectivity index (χ3n) is 3.60. The molecule has 0 radical (unpaired) electrons. The Bertz CT molecular complexity index is 886. The van der Waals surface area contributed by atoms with E-state index in [9.17, 15) is 5.11 Å². The van der Waals surface area contributed by atoms with Crippen LogP contribution in [0.25, 0.3) is 23.1 Å². The van der Waals surface area contributed by atoms with E-state index < -0.39 is 6.10 Å². The second-order valence-electron chi connectivity index (χ2n) is 5.26. The molecule has 3 rings (SSSR count). The van der Waals surface area contributed by atoms with Crippen molar-refractivity contribution in [2.24, 2.45) is 0 Å². The molecule has 23 heavy (non-hydrogen) atoms. The number of pyridine rings is 1. The molecule has 0 saturated carbocycles.